The monoisotopic (exact) mass is 210 g/mol. The van der Waals surface area contributed by atoms with Gasteiger partial charge in [0.05, 0.1) is 0 Å². The van der Waals surface area contributed by atoms with Crippen molar-refractivity contribution in [3.05, 3.63) is 28.4 Å². The van der Waals surface area contributed by atoms with Gasteiger partial charge in [-0.15, -0.1) is 0 Å². The van der Waals surface area contributed by atoms with Crippen LogP contribution in [0, 0.1) is 10.1 Å². The van der Waals surface area contributed by atoms with Crippen molar-refractivity contribution >= 4 is 17.4 Å². The molecule has 0 saturated carbocycles. The van der Waals surface area contributed by atoms with Gasteiger partial charge in [-0.25, -0.2) is 0 Å². The van der Waals surface area contributed by atoms with Gasteiger partial charge in [0.25, 0.3) is 0 Å². The average Bonchev–Trinajstić information content (AvgIpc) is 2.18. The Morgan fingerprint density at radius 2 is 2.40 bits per heavy atom. The van der Waals surface area contributed by atoms with E-state index in [1.165, 1.54) is 25.3 Å². The number of hydrogen-bond donors (Lipinski definition) is 2. The van der Waals surface area contributed by atoms with Crippen molar-refractivity contribution in [2.75, 3.05) is 5.32 Å². The number of carbonyl (C=O) groups excluding carboxylic acids is 1. The first kappa shape index (κ1) is 10.9. The molecule has 0 spiro atoms. The number of nitrogens with zero attached hydrogens (tertiary/aromatic N) is 2. The van der Waals surface area contributed by atoms with E-state index in [0.717, 1.165) is 0 Å². The summed E-state index contributed by atoms with van der Waals surface area (Å²) in [5, 5.41) is 13.2. The van der Waals surface area contributed by atoms with Crippen molar-refractivity contribution in [3.8, 4) is 0 Å². The second kappa shape index (κ2) is 4.36. The van der Waals surface area contributed by atoms with Crippen LogP contribution >= 0.6 is 0 Å². The highest BCUT2D eigenvalue weighted by Gasteiger charge is 2.17. The standard InChI is InChI=1S/C8H10N4O3/c1-5(7(9)13)11-6-3-2-4-10-8(6)12(14)15/h2-5,11H,1H3,(H2,9,13). The van der Waals surface area contributed by atoms with E-state index >= 15 is 0 Å². The van der Waals surface area contributed by atoms with Crippen molar-refractivity contribution in [2.24, 2.45) is 5.73 Å². The van der Waals surface area contributed by atoms with Gasteiger partial charge in [0.15, 0.2) is 0 Å². The lowest BCUT2D eigenvalue weighted by molar-refractivity contribution is -0.388. The predicted molar refractivity (Wildman–Crippen MR) is 53.2 cm³/mol. The molecule has 0 aromatic carbocycles. The second-order valence-electron chi connectivity index (χ2n) is 2.90. The van der Waals surface area contributed by atoms with Crippen molar-refractivity contribution in [1.82, 2.24) is 4.98 Å². The third kappa shape index (κ3) is 2.63. The summed E-state index contributed by atoms with van der Waals surface area (Å²) in [6.45, 7) is 1.51. The number of primary amides is 1. The summed E-state index contributed by atoms with van der Waals surface area (Å²) < 4.78 is 0. The quantitative estimate of drug-likeness (QED) is 0.547. The van der Waals surface area contributed by atoms with Crippen molar-refractivity contribution in [3.63, 3.8) is 0 Å². The Hall–Kier alpha value is -2.18. The molecule has 0 bridgehead atoms. The minimum absolute atomic E-state index is 0.175. The van der Waals surface area contributed by atoms with E-state index in [9.17, 15) is 14.9 Å². The zero-order valence-corrected chi connectivity index (χ0v) is 8.01. The minimum atomic E-state index is -0.687. The number of nitrogens with two attached hydrogens (primary N) is 1. The molecule has 0 fully saturated rings. The molecule has 3 N–H and O–H groups in total. The number of nitro groups is 1. The fourth-order valence-corrected chi connectivity index (χ4v) is 0.960. The Morgan fingerprint density at radius 3 is 2.93 bits per heavy atom. The number of amides is 1. The lowest BCUT2D eigenvalue weighted by Crippen LogP contribution is -2.32. The van der Waals surface area contributed by atoms with Crippen LogP contribution in [0.15, 0.2) is 18.3 Å². The molecule has 0 aliphatic carbocycles. The summed E-state index contributed by atoms with van der Waals surface area (Å²) in [6.07, 6.45) is 1.30. The molecule has 1 amide bonds. The summed E-state index contributed by atoms with van der Waals surface area (Å²) in [5.74, 6) is -0.918. The van der Waals surface area contributed by atoms with Crippen LogP contribution in [0.5, 0.6) is 0 Å². The first-order chi connectivity index (χ1) is 7.02. The average molecular weight is 210 g/mol. The maximum atomic E-state index is 10.8. The van der Waals surface area contributed by atoms with E-state index in [2.05, 4.69) is 10.3 Å². The van der Waals surface area contributed by atoms with Gasteiger partial charge in [0.1, 0.15) is 17.9 Å². The van der Waals surface area contributed by atoms with Gasteiger partial charge in [-0.05, 0) is 29.0 Å². The molecular formula is C8H10N4O3. The van der Waals surface area contributed by atoms with E-state index in [1.807, 2.05) is 0 Å². The molecule has 1 unspecified atom stereocenters. The Bertz CT molecular complexity index is 393. The molecule has 1 rings (SSSR count). The Balaban J connectivity index is 2.94. The van der Waals surface area contributed by atoms with Gasteiger partial charge < -0.3 is 21.2 Å². The van der Waals surface area contributed by atoms with Crippen molar-refractivity contribution in [1.29, 1.82) is 0 Å². The first-order valence-corrected chi connectivity index (χ1v) is 4.17. The summed E-state index contributed by atoms with van der Waals surface area (Å²) in [4.78, 5) is 24.3. The third-order valence-corrected chi connectivity index (χ3v) is 1.76. The molecule has 0 aliphatic rings. The number of anilines is 1. The summed E-state index contributed by atoms with van der Waals surface area (Å²) in [6, 6.07) is 2.31. The highest BCUT2D eigenvalue weighted by molar-refractivity contribution is 5.83. The largest absolute Gasteiger partial charge is 0.386 e. The van der Waals surface area contributed by atoms with Gasteiger partial charge in [-0.1, -0.05) is 0 Å². The molecule has 1 aromatic rings. The molecule has 1 aromatic heterocycles. The van der Waals surface area contributed by atoms with Crippen LogP contribution in [0.1, 0.15) is 6.92 Å². The number of rotatable bonds is 4. The van der Waals surface area contributed by atoms with Crippen molar-refractivity contribution in [2.45, 2.75) is 13.0 Å². The lowest BCUT2D eigenvalue weighted by Gasteiger charge is -2.10. The lowest BCUT2D eigenvalue weighted by atomic mass is 10.3. The number of hydrogen-bond acceptors (Lipinski definition) is 5. The highest BCUT2D eigenvalue weighted by Crippen LogP contribution is 2.20. The van der Waals surface area contributed by atoms with Crippen LogP contribution in [0.2, 0.25) is 0 Å². The number of nitrogens with one attached hydrogen (secondary N) is 1. The predicted octanol–water partition coefficient (Wildman–Crippen LogP) is 0.275. The van der Waals surface area contributed by atoms with Crippen molar-refractivity contribution < 1.29 is 9.72 Å². The van der Waals surface area contributed by atoms with Crippen LogP contribution in [0.4, 0.5) is 11.5 Å². The maximum absolute atomic E-state index is 10.8. The third-order valence-electron chi connectivity index (χ3n) is 1.76. The number of carbonyl (C=O) groups is 1. The summed E-state index contributed by atoms with van der Waals surface area (Å²) in [5.41, 5.74) is 5.19. The molecule has 0 saturated heterocycles. The Morgan fingerprint density at radius 1 is 1.73 bits per heavy atom. The smallest absolute Gasteiger partial charge is 0.368 e. The molecular weight excluding hydrogens is 200 g/mol. The van der Waals surface area contributed by atoms with Crippen LogP contribution in [0.3, 0.4) is 0 Å². The molecule has 7 nitrogen and oxygen atoms in total. The van der Waals surface area contributed by atoms with E-state index in [4.69, 9.17) is 5.73 Å². The van der Waals surface area contributed by atoms with Crippen LogP contribution in [-0.2, 0) is 4.79 Å². The fraction of sp³-hybridized carbons (Fsp3) is 0.250. The SMILES string of the molecule is CC(Nc1cccnc1[N+](=O)[O-])C(N)=O. The van der Waals surface area contributed by atoms with Crippen LogP contribution in [-0.4, -0.2) is 21.9 Å². The normalized spacial score (nSPS) is 11.8. The van der Waals surface area contributed by atoms with Gasteiger partial charge in [-0.3, -0.25) is 4.79 Å². The molecule has 15 heavy (non-hydrogen) atoms. The van der Waals surface area contributed by atoms with Gasteiger partial charge in [0.2, 0.25) is 5.91 Å². The van der Waals surface area contributed by atoms with E-state index in [1.54, 1.807) is 0 Å². The minimum Gasteiger partial charge on any atom is -0.368 e. The van der Waals surface area contributed by atoms with E-state index in [0.29, 0.717) is 0 Å². The summed E-state index contributed by atoms with van der Waals surface area (Å²) >= 11 is 0. The first-order valence-electron chi connectivity index (χ1n) is 4.17. The van der Waals surface area contributed by atoms with E-state index in [-0.39, 0.29) is 11.5 Å². The van der Waals surface area contributed by atoms with Crippen LogP contribution in [0.25, 0.3) is 0 Å². The molecule has 0 aliphatic heterocycles. The van der Waals surface area contributed by atoms with Gasteiger partial charge >= 0.3 is 5.82 Å². The molecule has 1 heterocycles. The van der Waals surface area contributed by atoms with Crippen LogP contribution < -0.4 is 11.1 Å². The van der Waals surface area contributed by atoms with Gasteiger partial charge in [-0.2, -0.15) is 0 Å². The number of aromatic nitrogens is 1. The molecule has 7 heteroatoms. The topological polar surface area (TPSA) is 111 Å². The number of pyridine rings is 1. The zero-order valence-electron chi connectivity index (χ0n) is 8.01. The van der Waals surface area contributed by atoms with E-state index < -0.39 is 16.9 Å². The Labute approximate surface area is 85.5 Å². The fourth-order valence-electron chi connectivity index (χ4n) is 0.960. The van der Waals surface area contributed by atoms with Gasteiger partial charge in [0, 0.05) is 0 Å². The Kier molecular flexibility index (Phi) is 3.17. The highest BCUT2D eigenvalue weighted by atomic mass is 16.6. The molecule has 80 valence electrons. The molecule has 1 atom stereocenters. The summed E-state index contributed by atoms with van der Waals surface area (Å²) in [7, 11) is 0. The second-order valence-corrected chi connectivity index (χ2v) is 2.90. The zero-order chi connectivity index (χ0) is 11.4. The maximum Gasteiger partial charge on any atom is 0.386 e. The molecule has 0 radical (unpaired) electrons.